The lowest BCUT2D eigenvalue weighted by molar-refractivity contribution is 0.456. The zero-order chi connectivity index (χ0) is 9.38. The molecule has 4 nitrogen and oxygen atoms in total. The predicted molar refractivity (Wildman–Crippen MR) is 51.6 cm³/mol. The Labute approximate surface area is 79.5 Å². The highest BCUT2D eigenvalue weighted by Gasteiger charge is 2.02. The summed E-state index contributed by atoms with van der Waals surface area (Å²) in [5, 5.41) is 11.5. The van der Waals surface area contributed by atoms with Gasteiger partial charge in [-0.05, 0) is 24.3 Å². The lowest BCUT2D eigenvalue weighted by Gasteiger charge is -1.95. The summed E-state index contributed by atoms with van der Waals surface area (Å²) in [4.78, 5) is 0. The molecule has 68 valence electrons. The van der Waals surface area contributed by atoms with E-state index in [1.165, 1.54) is 0 Å². The molecular formula is C10H7N3O. The molecule has 1 aromatic carbocycles. The van der Waals surface area contributed by atoms with Crippen molar-refractivity contribution >= 4 is 11.0 Å². The van der Waals surface area contributed by atoms with Gasteiger partial charge in [-0.3, -0.25) is 5.10 Å². The number of aromatic nitrogens is 3. The summed E-state index contributed by atoms with van der Waals surface area (Å²) in [6.45, 7) is 0. The van der Waals surface area contributed by atoms with Crippen molar-refractivity contribution in [1.29, 1.82) is 0 Å². The number of benzene rings is 1. The molecule has 2 aromatic heterocycles. The van der Waals surface area contributed by atoms with Crippen LogP contribution in [-0.4, -0.2) is 15.4 Å². The van der Waals surface area contributed by atoms with Crippen LogP contribution < -0.4 is 0 Å². The molecule has 14 heavy (non-hydrogen) atoms. The standard InChI is InChI=1S/C10H7N3O/c1-2-10-8(6-12-14-10)5-7(1)9-3-4-11-13-9/h1-6H,(H,11,13). The van der Waals surface area contributed by atoms with Gasteiger partial charge in [0.2, 0.25) is 0 Å². The Morgan fingerprint density at radius 3 is 3.07 bits per heavy atom. The van der Waals surface area contributed by atoms with Gasteiger partial charge >= 0.3 is 0 Å². The Kier molecular flexibility index (Phi) is 1.41. The number of nitrogens with zero attached hydrogens (tertiary/aromatic N) is 2. The Morgan fingerprint density at radius 2 is 2.21 bits per heavy atom. The van der Waals surface area contributed by atoms with Gasteiger partial charge in [-0.1, -0.05) is 5.16 Å². The predicted octanol–water partition coefficient (Wildman–Crippen LogP) is 2.22. The highest BCUT2D eigenvalue weighted by Crippen LogP contribution is 2.22. The molecule has 4 heteroatoms. The monoisotopic (exact) mass is 185 g/mol. The van der Waals surface area contributed by atoms with Gasteiger partial charge in [0.05, 0.1) is 11.9 Å². The van der Waals surface area contributed by atoms with E-state index in [1.807, 2.05) is 24.3 Å². The van der Waals surface area contributed by atoms with Crippen LogP contribution in [0.5, 0.6) is 0 Å². The average molecular weight is 185 g/mol. The molecule has 0 saturated carbocycles. The number of H-pyrrole nitrogens is 1. The van der Waals surface area contributed by atoms with Crippen LogP contribution in [0.3, 0.4) is 0 Å². The highest BCUT2D eigenvalue weighted by atomic mass is 16.5. The van der Waals surface area contributed by atoms with Gasteiger partial charge in [-0.25, -0.2) is 0 Å². The summed E-state index contributed by atoms with van der Waals surface area (Å²) in [5.41, 5.74) is 2.87. The van der Waals surface area contributed by atoms with Crippen LogP contribution in [0.25, 0.3) is 22.2 Å². The van der Waals surface area contributed by atoms with Crippen molar-refractivity contribution in [3.63, 3.8) is 0 Å². The zero-order valence-corrected chi connectivity index (χ0v) is 7.27. The first-order valence-corrected chi connectivity index (χ1v) is 4.28. The van der Waals surface area contributed by atoms with Crippen molar-refractivity contribution < 1.29 is 4.52 Å². The SMILES string of the molecule is c1cc(-c2ccc3oncc3c2)[nH]n1. The third-order valence-corrected chi connectivity index (χ3v) is 2.16. The number of nitrogens with one attached hydrogen (secondary N) is 1. The number of aromatic amines is 1. The van der Waals surface area contributed by atoms with Crippen LogP contribution in [-0.2, 0) is 0 Å². The molecule has 0 atom stereocenters. The second-order valence-corrected chi connectivity index (χ2v) is 3.05. The van der Waals surface area contributed by atoms with Gasteiger partial charge in [0.15, 0.2) is 5.58 Å². The lowest BCUT2D eigenvalue weighted by Crippen LogP contribution is -1.76. The van der Waals surface area contributed by atoms with Gasteiger partial charge < -0.3 is 4.52 Å². The van der Waals surface area contributed by atoms with Gasteiger partial charge in [0, 0.05) is 17.1 Å². The minimum absolute atomic E-state index is 0.799. The van der Waals surface area contributed by atoms with E-state index in [0.29, 0.717) is 0 Å². The quantitative estimate of drug-likeness (QED) is 0.632. The molecule has 3 rings (SSSR count). The first-order valence-electron chi connectivity index (χ1n) is 4.28. The Morgan fingerprint density at radius 1 is 1.21 bits per heavy atom. The Balaban J connectivity index is 2.23. The van der Waals surface area contributed by atoms with Crippen molar-refractivity contribution in [1.82, 2.24) is 15.4 Å². The maximum absolute atomic E-state index is 5.01. The average Bonchev–Trinajstić information content (AvgIpc) is 2.88. The fourth-order valence-electron chi connectivity index (χ4n) is 1.46. The van der Waals surface area contributed by atoms with Crippen molar-refractivity contribution in [2.75, 3.05) is 0 Å². The van der Waals surface area contributed by atoms with Gasteiger partial charge in [0.1, 0.15) is 0 Å². The van der Waals surface area contributed by atoms with E-state index < -0.39 is 0 Å². The minimum Gasteiger partial charge on any atom is -0.356 e. The van der Waals surface area contributed by atoms with Crippen LogP contribution in [0, 0.1) is 0 Å². The van der Waals surface area contributed by atoms with E-state index in [-0.39, 0.29) is 0 Å². The minimum atomic E-state index is 0.799. The normalized spacial score (nSPS) is 10.9. The number of rotatable bonds is 1. The molecule has 0 aliphatic heterocycles. The van der Waals surface area contributed by atoms with Crippen LogP contribution in [0.1, 0.15) is 0 Å². The van der Waals surface area contributed by atoms with Gasteiger partial charge in [-0.15, -0.1) is 0 Å². The van der Waals surface area contributed by atoms with E-state index in [0.717, 1.165) is 22.2 Å². The van der Waals surface area contributed by atoms with E-state index in [1.54, 1.807) is 12.4 Å². The van der Waals surface area contributed by atoms with Crippen molar-refractivity contribution in [2.45, 2.75) is 0 Å². The molecule has 1 N–H and O–H groups in total. The van der Waals surface area contributed by atoms with Crippen molar-refractivity contribution in [2.24, 2.45) is 0 Å². The Hall–Kier alpha value is -2.10. The maximum atomic E-state index is 5.01. The number of hydrogen-bond donors (Lipinski definition) is 1. The van der Waals surface area contributed by atoms with Crippen molar-refractivity contribution in [3.8, 4) is 11.3 Å². The molecule has 0 bridgehead atoms. The molecular weight excluding hydrogens is 178 g/mol. The largest absolute Gasteiger partial charge is 0.356 e. The molecule has 0 aliphatic carbocycles. The van der Waals surface area contributed by atoms with E-state index >= 15 is 0 Å². The van der Waals surface area contributed by atoms with E-state index in [4.69, 9.17) is 4.52 Å². The highest BCUT2D eigenvalue weighted by molar-refractivity contribution is 5.81. The summed E-state index contributed by atoms with van der Waals surface area (Å²) >= 11 is 0. The fourth-order valence-corrected chi connectivity index (χ4v) is 1.46. The molecule has 0 radical (unpaired) electrons. The van der Waals surface area contributed by atoms with Gasteiger partial charge in [0.25, 0.3) is 0 Å². The van der Waals surface area contributed by atoms with Gasteiger partial charge in [-0.2, -0.15) is 5.10 Å². The third-order valence-electron chi connectivity index (χ3n) is 2.16. The Bertz CT molecular complexity index is 554. The maximum Gasteiger partial charge on any atom is 0.166 e. The molecule has 0 amide bonds. The van der Waals surface area contributed by atoms with Crippen LogP contribution in [0.4, 0.5) is 0 Å². The second-order valence-electron chi connectivity index (χ2n) is 3.05. The number of fused-ring (bicyclic) bond motifs is 1. The summed E-state index contributed by atoms with van der Waals surface area (Å²) < 4.78 is 5.01. The molecule has 0 saturated heterocycles. The zero-order valence-electron chi connectivity index (χ0n) is 7.27. The van der Waals surface area contributed by atoms with Crippen molar-refractivity contribution in [3.05, 3.63) is 36.7 Å². The van der Waals surface area contributed by atoms with E-state index in [2.05, 4.69) is 15.4 Å². The molecule has 0 spiro atoms. The van der Waals surface area contributed by atoms with Crippen LogP contribution in [0.2, 0.25) is 0 Å². The first kappa shape index (κ1) is 7.32. The first-order chi connectivity index (χ1) is 6.93. The summed E-state index contributed by atoms with van der Waals surface area (Å²) in [7, 11) is 0. The van der Waals surface area contributed by atoms with Crippen LogP contribution >= 0.6 is 0 Å². The molecule has 0 fully saturated rings. The number of hydrogen-bond acceptors (Lipinski definition) is 3. The molecule has 2 heterocycles. The summed E-state index contributed by atoms with van der Waals surface area (Å²) in [6.07, 6.45) is 3.43. The summed E-state index contributed by atoms with van der Waals surface area (Å²) in [5.74, 6) is 0. The van der Waals surface area contributed by atoms with Crippen LogP contribution in [0.15, 0.2) is 41.2 Å². The third kappa shape index (κ3) is 1.01. The van der Waals surface area contributed by atoms with E-state index in [9.17, 15) is 0 Å². The smallest absolute Gasteiger partial charge is 0.166 e. The second kappa shape index (κ2) is 2.70. The molecule has 0 unspecified atom stereocenters. The topological polar surface area (TPSA) is 54.7 Å². The lowest BCUT2D eigenvalue weighted by atomic mass is 10.1. The fraction of sp³-hybridized carbons (Fsp3) is 0. The molecule has 3 aromatic rings. The summed E-state index contributed by atoms with van der Waals surface area (Å²) in [6, 6.07) is 7.81. The molecule has 0 aliphatic rings.